The average molecular weight is 499 g/mol. The minimum absolute atomic E-state index is 0.307. The van der Waals surface area contributed by atoms with Gasteiger partial charge in [0.2, 0.25) is 5.95 Å². The summed E-state index contributed by atoms with van der Waals surface area (Å²) in [4.78, 5) is 22.7. The van der Waals surface area contributed by atoms with E-state index in [0.717, 1.165) is 11.1 Å². The van der Waals surface area contributed by atoms with Crippen LogP contribution in [0.3, 0.4) is 0 Å². The molecule has 3 heterocycles. The van der Waals surface area contributed by atoms with Gasteiger partial charge in [-0.3, -0.25) is 9.78 Å². The molecule has 5 rings (SSSR count). The van der Waals surface area contributed by atoms with E-state index in [-0.39, 0.29) is 5.91 Å². The Labute approximate surface area is 213 Å². The van der Waals surface area contributed by atoms with Crippen molar-refractivity contribution in [2.45, 2.75) is 13.0 Å². The van der Waals surface area contributed by atoms with Crippen molar-refractivity contribution in [1.82, 2.24) is 19.7 Å². The number of pyridine rings is 1. The van der Waals surface area contributed by atoms with Crippen LogP contribution in [0.25, 0.3) is 11.4 Å². The lowest BCUT2D eigenvalue weighted by atomic mass is 9.94. The van der Waals surface area contributed by atoms with E-state index in [1.54, 1.807) is 56.6 Å². The second kappa shape index (κ2) is 10.0. The zero-order valence-electron chi connectivity index (χ0n) is 20.9. The van der Waals surface area contributed by atoms with Crippen molar-refractivity contribution in [1.29, 1.82) is 0 Å². The van der Waals surface area contributed by atoms with Crippen molar-refractivity contribution < 1.29 is 19.0 Å². The lowest BCUT2D eigenvalue weighted by Gasteiger charge is -2.29. The number of benzene rings is 2. The molecule has 1 atom stereocenters. The number of fused-ring (bicyclic) bond motifs is 1. The second-order valence-corrected chi connectivity index (χ2v) is 8.28. The normalized spacial score (nSPS) is 14.4. The standard InChI is InChI=1S/C27H26N6O4/c1-16-23(26(34)30-19-9-5-6-10-20(19)35-2)24(17-11-12-21(36-3)22(14-17)37-4)33-27(29-16)31-25(32-33)18-8-7-13-28-15-18/h5-15,24H,1-4H3,(H,30,34)(H,29,31,32). The molecule has 188 valence electrons. The van der Waals surface area contributed by atoms with Crippen LogP contribution in [0, 0.1) is 0 Å². The van der Waals surface area contributed by atoms with Gasteiger partial charge in [-0.25, -0.2) is 4.68 Å². The van der Waals surface area contributed by atoms with Gasteiger partial charge in [0.05, 0.1) is 32.6 Å². The molecule has 0 aliphatic carbocycles. The fourth-order valence-electron chi connectivity index (χ4n) is 4.33. The molecule has 1 amide bonds. The first-order chi connectivity index (χ1) is 18.0. The van der Waals surface area contributed by atoms with Gasteiger partial charge in [-0.2, -0.15) is 4.98 Å². The third-order valence-corrected chi connectivity index (χ3v) is 6.10. The van der Waals surface area contributed by atoms with Crippen molar-refractivity contribution in [3.8, 4) is 28.6 Å². The Morgan fingerprint density at radius 1 is 0.973 bits per heavy atom. The summed E-state index contributed by atoms with van der Waals surface area (Å²) >= 11 is 0. The number of amides is 1. The molecular formula is C27H26N6O4. The number of carbonyl (C=O) groups is 1. The molecule has 0 radical (unpaired) electrons. The van der Waals surface area contributed by atoms with E-state index >= 15 is 0 Å². The Bertz CT molecular complexity index is 1480. The van der Waals surface area contributed by atoms with Crippen LogP contribution in [0.15, 0.2) is 78.3 Å². The molecule has 0 bridgehead atoms. The molecule has 0 saturated carbocycles. The van der Waals surface area contributed by atoms with E-state index in [2.05, 4.69) is 20.6 Å². The van der Waals surface area contributed by atoms with Gasteiger partial charge in [0, 0.05) is 23.7 Å². The summed E-state index contributed by atoms with van der Waals surface area (Å²) in [6.07, 6.45) is 3.39. The van der Waals surface area contributed by atoms with E-state index in [4.69, 9.17) is 19.3 Å². The monoisotopic (exact) mass is 498 g/mol. The number of nitrogens with zero attached hydrogens (tertiary/aromatic N) is 4. The molecule has 2 aromatic carbocycles. The summed E-state index contributed by atoms with van der Waals surface area (Å²) in [5, 5.41) is 11.0. The third-order valence-electron chi connectivity index (χ3n) is 6.10. The van der Waals surface area contributed by atoms with Crippen LogP contribution in [0.4, 0.5) is 11.6 Å². The van der Waals surface area contributed by atoms with Crippen molar-refractivity contribution >= 4 is 17.5 Å². The molecule has 4 aromatic rings. The molecule has 0 spiro atoms. The summed E-state index contributed by atoms with van der Waals surface area (Å²) in [5.74, 6) is 2.36. The molecule has 0 saturated heterocycles. The number of ether oxygens (including phenoxy) is 3. The summed E-state index contributed by atoms with van der Waals surface area (Å²) in [7, 11) is 4.71. The van der Waals surface area contributed by atoms with E-state index in [1.165, 1.54) is 0 Å². The Hall–Kier alpha value is -4.86. The van der Waals surface area contributed by atoms with Gasteiger partial charge in [0.1, 0.15) is 11.8 Å². The van der Waals surface area contributed by atoms with Crippen LogP contribution in [0.1, 0.15) is 18.5 Å². The zero-order chi connectivity index (χ0) is 25.9. The summed E-state index contributed by atoms with van der Waals surface area (Å²) in [5.41, 5.74) is 3.20. The molecule has 10 nitrogen and oxygen atoms in total. The van der Waals surface area contributed by atoms with E-state index in [1.807, 2.05) is 43.3 Å². The lowest BCUT2D eigenvalue weighted by molar-refractivity contribution is -0.113. The highest BCUT2D eigenvalue weighted by atomic mass is 16.5. The van der Waals surface area contributed by atoms with Crippen LogP contribution in [-0.4, -0.2) is 47.0 Å². The SMILES string of the molecule is COc1ccccc1NC(=O)C1=C(C)Nc2nc(-c3cccnc3)nn2C1c1ccc(OC)c(OC)c1. The number of nitrogens with one attached hydrogen (secondary N) is 2. The van der Waals surface area contributed by atoms with Crippen molar-refractivity contribution in [3.05, 3.63) is 83.8 Å². The Morgan fingerprint density at radius 2 is 1.76 bits per heavy atom. The molecule has 2 N–H and O–H groups in total. The first kappa shape index (κ1) is 23.9. The Morgan fingerprint density at radius 3 is 2.49 bits per heavy atom. The van der Waals surface area contributed by atoms with Gasteiger partial charge in [-0.15, -0.1) is 5.10 Å². The highest BCUT2D eigenvalue weighted by Gasteiger charge is 2.35. The predicted molar refractivity (Wildman–Crippen MR) is 139 cm³/mol. The molecular weight excluding hydrogens is 472 g/mol. The lowest BCUT2D eigenvalue weighted by Crippen LogP contribution is -2.31. The number of carbonyl (C=O) groups excluding carboxylic acids is 1. The largest absolute Gasteiger partial charge is 0.495 e. The van der Waals surface area contributed by atoms with Crippen LogP contribution < -0.4 is 24.8 Å². The minimum atomic E-state index is -0.608. The van der Waals surface area contributed by atoms with Crippen LogP contribution in [0.5, 0.6) is 17.2 Å². The maximum atomic E-state index is 13.8. The number of hydrogen-bond donors (Lipinski definition) is 2. The predicted octanol–water partition coefficient (Wildman–Crippen LogP) is 4.29. The topological polar surface area (TPSA) is 112 Å². The van der Waals surface area contributed by atoms with Crippen LogP contribution >= 0.6 is 0 Å². The van der Waals surface area contributed by atoms with Gasteiger partial charge in [-0.1, -0.05) is 18.2 Å². The number of hydrogen-bond acceptors (Lipinski definition) is 8. The van der Waals surface area contributed by atoms with Crippen molar-refractivity contribution in [2.75, 3.05) is 32.0 Å². The highest BCUT2D eigenvalue weighted by Crippen LogP contribution is 2.40. The number of rotatable bonds is 7. The number of para-hydroxylation sites is 2. The molecule has 37 heavy (non-hydrogen) atoms. The Balaban J connectivity index is 1.63. The third kappa shape index (κ3) is 4.44. The molecule has 1 aliphatic heterocycles. The van der Waals surface area contributed by atoms with Crippen LogP contribution in [-0.2, 0) is 4.79 Å². The fraction of sp³-hybridized carbons (Fsp3) is 0.185. The maximum absolute atomic E-state index is 13.8. The van der Waals surface area contributed by atoms with E-state index in [0.29, 0.717) is 46.0 Å². The number of aromatic nitrogens is 4. The smallest absolute Gasteiger partial charge is 0.255 e. The minimum Gasteiger partial charge on any atom is -0.495 e. The van der Waals surface area contributed by atoms with Gasteiger partial charge in [-0.05, 0) is 48.9 Å². The molecule has 10 heteroatoms. The first-order valence-corrected chi connectivity index (χ1v) is 11.5. The van der Waals surface area contributed by atoms with Gasteiger partial charge in [0.25, 0.3) is 5.91 Å². The number of methoxy groups -OCH3 is 3. The summed E-state index contributed by atoms with van der Waals surface area (Å²) in [6.45, 7) is 1.84. The van der Waals surface area contributed by atoms with E-state index < -0.39 is 6.04 Å². The summed E-state index contributed by atoms with van der Waals surface area (Å²) < 4.78 is 18.1. The second-order valence-electron chi connectivity index (χ2n) is 8.28. The fourth-order valence-corrected chi connectivity index (χ4v) is 4.33. The van der Waals surface area contributed by atoms with Crippen LogP contribution in [0.2, 0.25) is 0 Å². The maximum Gasteiger partial charge on any atom is 0.255 e. The quantitative estimate of drug-likeness (QED) is 0.388. The number of allylic oxidation sites excluding steroid dienone is 1. The van der Waals surface area contributed by atoms with Gasteiger partial charge in [0.15, 0.2) is 17.3 Å². The van der Waals surface area contributed by atoms with Crippen molar-refractivity contribution in [2.24, 2.45) is 0 Å². The molecule has 1 aliphatic rings. The number of anilines is 2. The zero-order valence-corrected chi connectivity index (χ0v) is 20.9. The average Bonchev–Trinajstić information content (AvgIpc) is 3.36. The first-order valence-electron chi connectivity index (χ1n) is 11.5. The van der Waals surface area contributed by atoms with E-state index in [9.17, 15) is 4.79 Å². The molecule has 2 aromatic heterocycles. The van der Waals surface area contributed by atoms with Gasteiger partial charge < -0.3 is 24.8 Å². The summed E-state index contributed by atoms with van der Waals surface area (Å²) in [6, 6.07) is 15.9. The molecule has 1 unspecified atom stereocenters. The Kier molecular flexibility index (Phi) is 6.46. The molecule has 0 fully saturated rings. The van der Waals surface area contributed by atoms with Gasteiger partial charge >= 0.3 is 0 Å². The van der Waals surface area contributed by atoms with Crippen molar-refractivity contribution in [3.63, 3.8) is 0 Å². The highest BCUT2D eigenvalue weighted by molar-refractivity contribution is 6.06.